The van der Waals surface area contributed by atoms with Crippen LogP contribution in [0.15, 0.2) is 18.2 Å². The Morgan fingerprint density at radius 3 is 1.74 bits per heavy atom. The van der Waals surface area contributed by atoms with E-state index in [1.807, 2.05) is 0 Å². The van der Waals surface area contributed by atoms with Gasteiger partial charge >= 0.3 is 5.97 Å². The highest BCUT2D eigenvalue weighted by molar-refractivity contribution is 5.70. The quantitative estimate of drug-likeness (QED) is 0.0836. The van der Waals surface area contributed by atoms with Crippen LogP contribution in [0.3, 0.4) is 0 Å². The summed E-state index contributed by atoms with van der Waals surface area (Å²) in [5, 5.41) is 11.3. The highest BCUT2D eigenvalue weighted by Crippen LogP contribution is 2.30. The van der Waals surface area contributed by atoms with E-state index in [-0.39, 0.29) is 11.7 Å². The minimum atomic E-state index is -0.615. The van der Waals surface area contributed by atoms with Crippen molar-refractivity contribution in [2.24, 2.45) is 5.73 Å². The summed E-state index contributed by atoms with van der Waals surface area (Å²) >= 11 is 0. The number of carbonyl (C=O) groups excluding carboxylic acids is 1. The first kappa shape index (κ1) is 30.1. The first-order chi connectivity index (χ1) is 16.5. The van der Waals surface area contributed by atoms with Crippen molar-refractivity contribution in [1.29, 1.82) is 0 Å². The Balaban J connectivity index is 1.98. The van der Waals surface area contributed by atoms with Gasteiger partial charge in [0.2, 0.25) is 0 Å². The SMILES string of the molecule is Cc1cccc([N+](=O)[O-])c1C(C)OC(=O)CCCCCCCCCCCCCCCCCCN. The third-order valence-electron chi connectivity index (χ3n) is 6.55. The van der Waals surface area contributed by atoms with Crippen LogP contribution < -0.4 is 5.73 Å². The Labute approximate surface area is 207 Å². The first-order valence-corrected chi connectivity index (χ1v) is 13.6. The molecule has 6 nitrogen and oxygen atoms in total. The average molecular weight is 477 g/mol. The maximum Gasteiger partial charge on any atom is 0.306 e. The minimum absolute atomic E-state index is 0.00866. The zero-order chi connectivity index (χ0) is 25.0. The molecule has 1 unspecified atom stereocenters. The van der Waals surface area contributed by atoms with E-state index < -0.39 is 11.0 Å². The number of ether oxygens (including phenoxy) is 1. The molecule has 0 bridgehead atoms. The maximum absolute atomic E-state index is 12.2. The largest absolute Gasteiger partial charge is 0.457 e. The number of unbranched alkanes of at least 4 members (excludes halogenated alkanes) is 15. The van der Waals surface area contributed by atoms with Crippen molar-refractivity contribution in [3.05, 3.63) is 39.4 Å². The lowest BCUT2D eigenvalue weighted by Crippen LogP contribution is -2.11. The number of carbonyl (C=O) groups is 1. The molecule has 194 valence electrons. The van der Waals surface area contributed by atoms with Crippen LogP contribution in [-0.2, 0) is 9.53 Å². The number of rotatable bonds is 21. The van der Waals surface area contributed by atoms with Crippen molar-refractivity contribution >= 4 is 11.7 Å². The number of nitrogens with two attached hydrogens (primary N) is 1. The number of hydrogen-bond donors (Lipinski definition) is 1. The van der Waals surface area contributed by atoms with Crippen LogP contribution in [0.1, 0.15) is 133 Å². The second-order valence-electron chi connectivity index (χ2n) is 9.59. The van der Waals surface area contributed by atoms with Crippen LogP contribution in [0.25, 0.3) is 0 Å². The third-order valence-corrected chi connectivity index (χ3v) is 6.55. The number of esters is 1. The summed E-state index contributed by atoms with van der Waals surface area (Å²) in [6.45, 7) is 4.34. The molecule has 0 radical (unpaired) electrons. The molecule has 0 saturated carbocycles. The number of nitro groups is 1. The van der Waals surface area contributed by atoms with Gasteiger partial charge in [0.05, 0.1) is 10.5 Å². The van der Waals surface area contributed by atoms with Gasteiger partial charge in [-0.3, -0.25) is 14.9 Å². The Morgan fingerprint density at radius 1 is 0.853 bits per heavy atom. The molecule has 0 fully saturated rings. The van der Waals surface area contributed by atoms with Gasteiger partial charge in [-0.1, -0.05) is 102 Å². The molecule has 0 spiro atoms. The third kappa shape index (κ3) is 13.7. The zero-order valence-corrected chi connectivity index (χ0v) is 21.7. The summed E-state index contributed by atoms with van der Waals surface area (Å²) in [5.41, 5.74) is 6.77. The van der Waals surface area contributed by atoms with Gasteiger partial charge in [-0.2, -0.15) is 0 Å². The second kappa shape index (κ2) is 19.4. The topological polar surface area (TPSA) is 95.5 Å². The lowest BCUT2D eigenvalue weighted by molar-refractivity contribution is -0.386. The van der Waals surface area contributed by atoms with E-state index in [0.717, 1.165) is 31.4 Å². The van der Waals surface area contributed by atoms with Gasteiger partial charge in [0.15, 0.2) is 0 Å². The van der Waals surface area contributed by atoms with E-state index in [0.29, 0.717) is 12.0 Å². The Bertz CT molecular complexity index is 693. The molecule has 0 aliphatic carbocycles. The molecule has 2 N–H and O–H groups in total. The highest BCUT2D eigenvalue weighted by Gasteiger charge is 2.23. The van der Waals surface area contributed by atoms with Crippen LogP contribution >= 0.6 is 0 Å². The molecule has 0 heterocycles. The lowest BCUT2D eigenvalue weighted by Gasteiger charge is -2.16. The van der Waals surface area contributed by atoms with E-state index in [9.17, 15) is 14.9 Å². The number of hydrogen-bond acceptors (Lipinski definition) is 5. The maximum atomic E-state index is 12.2. The molecule has 0 aliphatic rings. The molecule has 0 amide bonds. The van der Waals surface area contributed by atoms with Gasteiger partial charge in [-0.05, 0) is 38.8 Å². The van der Waals surface area contributed by atoms with Crippen molar-refractivity contribution in [1.82, 2.24) is 0 Å². The standard InChI is InChI=1S/C28H48N2O4/c1-24-20-19-21-26(30(32)33)28(24)25(2)34-27(31)22-17-15-13-11-9-7-5-3-4-6-8-10-12-14-16-18-23-29/h19-21,25H,3-18,22-23,29H2,1-2H3. The fourth-order valence-electron chi connectivity index (χ4n) is 4.56. The van der Waals surface area contributed by atoms with Crippen LogP contribution in [0.2, 0.25) is 0 Å². The number of nitrogens with zero attached hydrogens (tertiary/aromatic N) is 1. The molecule has 6 heteroatoms. The molecular formula is C28H48N2O4. The smallest absolute Gasteiger partial charge is 0.306 e. The van der Waals surface area contributed by atoms with Gasteiger partial charge in [-0.25, -0.2) is 0 Å². The normalized spacial score (nSPS) is 12.0. The summed E-state index contributed by atoms with van der Waals surface area (Å²) in [5.74, 6) is -0.277. The monoisotopic (exact) mass is 476 g/mol. The van der Waals surface area contributed by atoms with Gasteiger partial charge in [-0.15, -0.1) is 0 Å². The number of aryl methyl sites for hydroxylation is 1. The molecule has 1 rings (SSSR count). The van der Waals surface area contributed by atoms with Crippen LogP contribution in [-0.4, -0.2) is 17.4 Å². The molecule has 34 heavy (non-hydrogen) atoms. The van der Waals surface area contributed by atoms with E-state index >= 15 is 0 Å². The van der Waals surface area contributed by atoms with E-state index in [2.05, 4.69) is 0 Å². The second-order valence-corrected chi connectivity index (χ2v) is 9.59. The lowest BCUT2D eigenvalue weighted by atomic mass is 10.0. The molecule has 0 aliphatic heterocycles. The molecule has 1 aromatic rings. The Kier molecular flexibility index (Phi) is 17.1. The van der Waals surface area contributed by atoms with Crippen molar-refractivity contribution in [3.8, 4) is 0 Å². The molecular weight excluding hydrogens is 428 g/mol. The molecule has 0 saturated heterocycles. The van der Waals surface area contributed by atoms with Gasteiger partial charge < -0.3 is 10.5 Å². The number of nitro benzene ring substituents is 1. The van der Waals surface area contributed by atoms with Gasteiger partial charge in [0.25, 0.3) is 5.69 Å². The molecule has 1 atom stereocenters. The van der Waals surface area contributed by atoms with Crippen molar-refractivity contribution in [2.45, 2.75) is 129 Å². The van der Waals surface area contributed by atoms with Crippen LogP contribution in [0.4, 0.5) is 5.69 Å². The summed E-state index contributed by atoms with van der Waals surface area (Å²) in [4.78, 5) is 23.0. The fourth-order valence-corrected chi connectivity index (χ4v) is 4.56. The fraction of sp³-hybridized carbons (Fsp3) is 0.750. The van der Waals surface area contributed by atoms with E-state index in [1.165, 1.54) is 89.5 Å². The first-order valence-electron chi connectivity index (χ1n) is 13.6. The predicted molar refractivity (Wildman–Crippen MR) is 140 cm³/mol. The average Bonchev–Trinajstić information content (AvgIpc) is 2.80. The van der Waals surface area contributed by atoms with Crippen molar-refractivity contribution in [2.75, 3.05) is 6.54 Å². The van der Waals surface area contributed by atoms with Gasteiger partial charge in [0.1, 0.15) is 6.10 Å². The predicted octanol–water partition coefficient (Wildman–Crippen LogP) is 8.10. The van der Waals surface area contributed by atoms with Crippen molar-refractivity contribution in [3.63, 3.8) is 0 Å². The summed E-state index contributed by atoms with van der Waals surface area (Å²) < 4.78 is 5.49. The van der Waals surface area contributed by atoms with E-state index in [4.69, 9.17) is 10.5 Å². The Morgan fingerprint density at radius 2 is 1.29 bits per heavy atom. The molecule has 0 aromatic heterocycles. The summed E-state index contributed by atoms with van der Waals surface area (Å²) in [6, 6.07) is 4.92. The molecule has 1 aromatic carbocycles. The van der Waals surface area contributed by atoms with Crippen LogP contribution in [0, 0.1) is 17.0 Å². The number of benzene rings is 1. The Hall–Kier alpha value is -1.95. The van der Waals surface area contributed by atoms with Crippen LogP contribution in [0.5, 0.6) is 0 Å². The summed E-state index contributed by atoms with van der Waals surface area (Å²) in [7, 11) is 0. The zero-order valence-electron chi connectivity index (χ0n) is 21.7. The summed E-state index contributed by atoms with van der Waals surface area (Å²) in [6.07, 6.45) is 19.9. The van der Waals surface area contributed by atoms with Gasteiger partial charge in [0, 0.05) is 12.5 Å². The highest BCUT2D eigenvalue weighted by atomic mass is 16.6. The van der Waals surface area contributed by atoms with Crippen molar-refractivity contribution < 1.29 is 14.5 Å². The van der Waals surface area contributed by atoms with E-state index in [1.54, 1.807) is 26.0 Å². The minimum Gasteiger partial charge on any atom is -0.457 e.